The predicted octanol–water partition coefficient (Wildman–Crippen LogP) is 2.87. The molecule has 0 aliphatic carbocycles. The summed E-state index contributed by atoms with van der Waals surface area (Å²) >= 11 is 5.99. The molecule has 0 aliphatic heterocycles. The Labute approximate surface area is 129 Å². The molecule has 2 rings (SSSR count). The number of unbranched alkanes of at least 4 members (excludes halogenated alkanes) is 1. The number of halogens is 1. The van der Waals surface area contributed by atoms with Crippen molar-refractivity contribution in [3.63, 3.8) is 0 Å². The lowest BCUT2D eigenvalue weighted by atomic mass is 10.3. The average Bonchev–Trinajstić information content (AvgIpc) is 2.52. The second kappa shape index (κ2) is 8.26. The summed E-state index contributed by atoms with van der Waals surface area (Å²) < 4.78 is 0. The Morgan fingerprint density at radius 3 is 2.57 bits per heavy atom. The highest BCUT2D eigenvalue weighted by atomic mass is 35.5. The zero-order valence-electron chi connectivity index (χ0n) is 11.9. The van der Waals surface area contributed by atoms with E-state index in [1.54, 1.807) is 13.2 Å². The number of nitrogens with one attached hydrogen (secondary N) is 3. The molecule has 0 aliphatic rings. The van der Waals surface area contributed by atoms with Crippen molar-refractivity contribution < 1.29 is 0 Å². The number of hydrogen-bond donors (Lipinski definition) is 3. The Bertz CT molecular complexity index is 548. The third kappa shape index (κ3) is 4.75. The quantitative estimate of drug-likeness (QED) is 0.514. The second-order valence-electron chi connectivity index (χ2n) is 4.41. The van der Waals surface area contributed by atoms with E-state index in [0.29, 0.717) is 5.15 Å². The van der Waals surface area contributed by atoms with Crippen molar-refractivity contribution in [2.75, 3.05) is 36.1 Å². The van der Waals surface area contributed by atoms with Gasteiger partial charge in [-0.3, -0.25) is 0 Å². The Morgan fingerprint density at radius 1 is 1.05 bits per heavy atom. The molecule has 21 heavy (non-hydrogen) atoms. The van der Waals surface area contributed by atoms with Crippen molar-refractivity contribution >= 4 is 28.9 Å². The molecule has 0 bridgehead atoms. The summed E-state index contributed by atoms with van der Waals surface area (Å²) in [5.74, 6) is 1.64. The van der Waals surface area contributed by atoms with Crippen molar-refractivity contribution in [1.29, 1.82) is 0 Å². The van der Waals surface area contributed by atoms with Crippen LogP contribution in [-0.2, 0) is 0 Å². The number of aromatic nitrogens is 3. The Kier molecular flexibility index (Phi) is 6.02. The minimum Gasteiger partial charge on any atom is -0.383 e. The smallest absolute Gasteiger partial charge is 0.157 e. The Morgan fingerprint density at radius 2 is 1.86 bits per heavy atom. The summed E-state index contributed by atoms with van der Waals surface area (Å²) in [6.07, 6.45) is 5.29. The highest BCUT2D eigenvalue weighted by Gasteiger charge is 2.06. The van der Waals surface area contributed by atoms with E-state index in [2.05, 4.69) is 30.9 Å². The fraction of sp³-hybridized carbons (Fsp3) is 0.357. The van der Waals surface area contributed by atoms with E-state index in [1.165, 1.54) is 6.33 Å². The Hall–Kier alpha value is -2.08. The molecule has 0 spiro atoms. The van der Waals surface area contributed by atoms with Crippen molar-refractivity contribution in [2.24, 2.45) is 0 Å². The number of pyridine rings is 1. The Balaban J connectivity index is 1.67. The summed E-state index contributed by atoms with van der Waals surface area (Å²) in [5.41, 5.74) is 0.728. The first kappa shape index (κ1) is 15.3. The first-order valence-electron chi connectivity index (χ1n) is 6.88. The highest BCUT2D eigenvalue weighted by molar-refractivity contribution is 6.32. The van der Waals surface area contributed by atoms with Crippen molar-refractivity contribution in [3.8, 4) is 0 Å². The first-order valence-corrected chi connectivity index (χ1v) is 7.26. The molecule has 0 saturated carbocycles. The van der Waals surface area contributed by atoms with Crippen LogP contribution >= 0.6 is 11.6 Å². The molecule has 7 heteroatoms. The zero-order chi connectivity index (χ0) is 14.9. The summed E-state index contributed by atoms with van der Waals surface area (Å²) in [6.45, 7) is 1.72. The molecule has 0 unspecified atom stereocenters. The van der Waals surface area contributed by atoms with Crippen LogP contribution < -0.4 is 16.0 Å². The van der Waals surface area contributed by atoms with Crippen LogP contribution in [0.3, 0.4) is 0 Å². The SMILES string of the molecule is CNc1c(Cl)ncnc1NCCCCNc1ccccn1. The van der Waals surface area contributed by atoms with Gasteiger partial charge in [-0.2, -0.15) is 0 Å². The molecule has 0 atom stereocenters. The van der Waals surface area contributed by atoms with Gasteiger partial charge in [0.1, 0.15) is 17.8 Å². The number of hydrogen-bond acceptors (Lipinski definition) is 6. The third-order valence-electron chi connectivity index (χ3n) is 2.92. The molecule has 0 radical (unpaired) electrons. The van der Waals surface area contributed by atoms with E-state index in [-0.39, 0.29) is 0 Å². The fourth-order valence-corrected chi connectivity index (χ4v) is 2.09. The third-order valence-corrected chi connectivity index (χ3v) is 3.20. The molecular weight excluding hydrogens is 288 g/mol. The van der Waals surface area contributed by atoms with E-state index in [9.17, 15) is 0 Å². The summed E-state index contributed by atoms with van der Waals surface area (Å²) in [5, 5.41) is 9.96. The van der Waals surface area contributed by atoms with Gasteiger partial charge in [0.2, 0.25) is 0 Å². The summed E-state index contributed by atoms with van der Waals surface area (Å²) in [7, 11) is 1.80. The van der Waals surface area contributed by atoms with E-state index in [4.69, 9.17) is 11.6 Å². The maximum atomic E-state index is 5.99. The van der Waals surface area contributed by atoms with Crippen LogP contribution in [0.2, 0.25) is 5.15 Å². The number of anilines is 3. The zero-order valence-corrected chi connectivity index (χ0v) is 12.7. The van der Waals surface area contributed by atoms with E-state index in [0.717, 1.165) is 43.3 Å². The molecule has 0 amide bonds. The molecular formula is C14H19ClN6. The normalized spacial score (nSPS) is 10.2. The van der Waals surface area contributed by atoms with Crippen LogP contribution in [0.5, 0.6) is 0 Å². The molecule has 2 aromatic rings. The van der Waals surface area contributed by atoms with Crippen LogP contribution in [-0.4, -0.2) is 35.1 Å². The van der Waals surface area contributed by atoms with Gasteiger partial charge in [-0.15, -0.1) is 0 Å². The van der Waals surface area contributed by atoms with Gasteiger partial charge < -0.3 is 16.0 Å². The monoisotopic (exact) mass is 306 g/mol. The van der Waals surface area contributed by atoms with E-state index in [1.807, 2.05) is 18.2 Å². The predicted molar refractivity (Wildman–Crippen MR) is 87.0 cm³/mol. The molecule has 0 fully saturated rings. The van der Waals surface area contributed by atoms with Crippen LogP contribution in [0, 0.1) is 0 Å². The maximum Gasteiger partial charge on any atom is 0.157 e. The standard InChI is InChI=1S/C14H19ClN6/c1-16-12-13(15)20-10-21-14(12)19-9-5-4-8-18-11-6-2-3-7-17-11/h2-3,6-7,10,16H,4-5,8-9H2,1H3,(H,17,18)(H,19,20,21). The largest absolute Gasteiger partial charge is 0.383 e. The van der Waals surface area contributed by atoms with Gasteiger partial charge in [0.15, 0.2) is 11.0 Å². The molecule has 0 saturated heterocycles. The molecule has 112 valence electrons. The summed E-state index contributed by atoms with van der Waals surface area (Å²) in [4.78, 5) is 12.3. The van der Waals surface area contributed by atoms with Gasteiger partial charge in [0.25, 0.3) is 0 Å². The van der Waals surface area contributed by atoms with Gasteiger partial charge in [-0.25, -0.2) is 15.0 Å². The van der Waals surface area contributed by atoms with Crippen molar-refractivity contribution in [1.82, 2.24) is 15.0 Å². The van der Waals surface area contributed by atoms with Crippen LogP contribution in [0.1, 0.15) is 12.8 Å². The lowest BCUT2D eigenvalue weighted by molar-refractivity contribution is 0.791. The fourth-order valence-electron chi connectivity index (χ4n) is 1.86. The van der Waals surface area contributed by atoms with E-state index >= 15 is 0 Å². The lowest BCUT2D eigenvalue weighted by Crippen LogP contribution is -2.09. The minimum atomic E-state index is 0.423. The minimum absolute atomic E-state index is 0.423. The van der Waals surface area contributed by atoms with E-state index < -0.39 is 0 Å². The van der Waals surface area contributed by atoms with Gasteiger partial charge >= 0.3 is 0 Å². The van der Waals surface area contributed by atoms with Crippen molar-refractivity contribution in [2.45, 2.75) is 12.8 Å². The van der Waals surface area contributed by atoms with Gasteiger partial charge in [0, 0.05) is 26.3 Å². The van der Waals surface area contributed by atoms with Gasteiger partial charge in [-0.1, -0.05) is 17.7 Å². The maximum absolute atomic E-state index is 5.99. The van der Waals surface area contributed by atoms with Gasteiger partial charge in [-0.05, 0) is 25.0 Å². The number of rotatable bonds is 8. The molecule has 6 nitrogen and oxygen atoms in total. The van der Waals surface area contributed by atoms with Crippen LogP contribution in [0.4, 0.5) is 17.3 Å². The van der Waals surface area contributed by atoms with Crippen molar-refractivity contribution in [3.05, 3.63) is 35.9 Å². The van der Waals surface area contributed by atoms with Gasteiger partial charge in [0.05, 0.1) is 0 Å². The summed E-state index contributed by atoms with van der Waals surface area (Å²) in [6, 6.07) is 5.83. The molecule has 2 aromatic heterocycles. The van der Waals surface area contributed by atoms with Crippen LogP contribution in [0.25, 0.3) is 0 Å². The topological polar surface area (TPSA) is 74.8 Å². The molecule has 2 heterocycles. The number of nitrogens with zero attached hydrogens (tertiary/aromatic N) is 3. The highest BCUT2D eigenvalue weighted by Crippen LogP contribution is 2.25. The second-order valence-corrected chi connectivity index (χ2v) is 4.77. The molecule has 3 N–H and O–H groups in total. The molecule has 0 aromatic carbocycles. The van der Waals surface area contributed by atoms with Crippen LogP contribution in [0.15, 0.2) is 30.7 Å². The average molecular weight is 307 g/mol. The lowest BCUT2D eigenvalue weighted by Gasteiger charge is -2.11. The first-order chi connectivity index (χ1) is 10.3.